The molecule has 3 rings (SSSR count). The normalized spacial score (nSPS) is 11.0. The number of aromatic nitrogens is 4. The summed E-state index contributed by atoms with van der Waals surface area (Å²) < 4.78 is 20.1. The lowest BCUT2D eigenvalue weighted by Crippen LogP contribution is -2.36. The molecular formula is C16H15FN4O3S. The Morgan fingerprint density at radius 1 is 1.28 bits per heavy atom. The minimum absolute atomic E-state index is 0.114. The molecule has 2 aromatic heterocycles. The molecule has 1 aromatic carbocycles. The number of nitrogens with zero attached hydrogens (tertiary/aromatic N) is 3. The third-order valence-corrected chi connectivity index (χ3v) is 4.57. The summed E-state index contributed by atoms with van der Waals surface area (Å²) in [4.78, 5) is 26.3. The van der Waals surface area contributed by atoms with Gasteiger partial charge in [0, 0.05) is 24.1 Å². The van der Waals surface area contributed by atoms with Crippen molar-refractivity contribution in [2.24, 2.45) is 7.05 Å². The van der Waals surface area contributed by atoms with Crippen LogP contribution in [0.3, 0.4) is 0 Å². The van der Waals surface area contributed by atoms with Crippen LogP contribution in [0.5, 0.6) is 0 Å². The van der Waals surface area contributed by atoms with Crippen LogP contribution in [0, 0.1) is 12.7 Å². The minimum atomic E-state index is -0.474. The molecule has 25 heavy (non-hydrogen) atoms. The van der Waals surface area contributed by atoms with Gasteiger partial charge >= 0.3 is 5.69 Å². The second-order valence-corrected chi connectivity index (χ2v) is 6.34. The van der Waals surface area contributed by atoms with Crippen molar-refractivity contribution in [2.45, 2.75) is 24.3 Å². The quantitative estimate of drug-likeness (QED) is 0.696. The van der Waals surface area contributed by atoms with Crippen molar-refractivity contribution < 1.29 is 8.81 Å². The van der Waals surface area contributed by atoms with E-state index in [1.165, 1.54) is 24.9 Å². The molecule has 7 nitrogen and oxygen atoms in total. The first-order valence-electron chi connectivity index (χ1n) is 7.43. The van der Waals surface area contributed by atoms with Gasteiger partial charge in [-0.2, -0.15) is 0 Å². The van der Waals surface area contributed by atoms with Gasteiger partial charge in [0.2, 0.25) is 5.89 Å². The molecule has 0 aliphatic carbocycles. The zero-order valence-electron chi connectivity index (χ0n) is 13.6. The fourth-order valence-electron chi connectivity index (χ4n) is 2.26. The highest BCUT2D eigenvalue weighted by Gasteiger charge is 2.15. The highest BCUT2D eigenvalue weighted by Crippen LogP contribution is 2.23. The van der Waals surface area contributed by atoms with Gasteiger partial charge in [0.25, 0.3) is 10.8 Å². The SMILES string of the molecule is Cc1[nH]c(=O)n(C)c(=O)c1Cc1nnc(SCc2ccccc2F)o1. The average Bonchev–Trinajstić information content (AvgIpc) is 3.04. The number of thioether (sulfide) groups is 1. The largest absolute Gasteiger partial charge is 0.416 e. The maximum Gasteiger partial charge on any atom is 0.328 e. The molecule has 0 saturated carbocycles. The highest BCUT2D eigenvalue weighted by atomic mass is 32.2. The second kappa shape index (κ2) is 7.06. The van der Waals surface area contributed by atoms with Gasteiger partial charge in [-0.15, -0.1) is 10.2 Å². The number of hydrogen-bond donors (Lipinski definition) is 1. The van der Waals surface area contributed by atoms with Gasteiger partial charge in [-0.25, -0.2) is 9.18 Å². The van der Waals surface area contributed by atoms with Gasteiger partial charge < -0.3 is 9.40 Å². The van der Waals surface area contributed by atoms with Crippen LogP contribution in [0.1, 0.15) is 22.7 Å². The van der Waals surface area contributed by atoms with Gasteiger partial charge in [0.05, 0.1) is 6.42 Å². The van der Waals surface area contributed by atoms with Crippen molar-refractivity contribution in [3.63, 3.8) is 0 Å². The van der Waals surface area contributed by atoms with Crippen molar-refractivity contribution in [3.05, 3.63) is 73.6 Å². The first-order valence-corrected chi connectivity index (χ1v) is 8.41. The molecule has 0 saturated heterocycles. The van der Waals surface area contributed by atoms with E-state index in [2.05, 4.69) is 15.2 Å². The van der Waals surface area contributed by atoms with Crippen LogP contribution >= 0.6 is 11.8 Å². The Morgan fingerprint density at radius 3 is 2.80 bits per heavy atom. The van der Waals surface area contributed by atoms with Gasteiger partial charge in [-0.3, -0.25) is 9.36 Å². The van der Waals surface area contributed by atoms with Crippen molar-refractivity contribution in [1.82, 2.24) is 19.7 Å². The van der Waals surface area contributed by atoms with Gasteiger partial charge in [0.1, 0.15) is 5.82 Å². The number of aromatic amines is 1. The van der Waals surface area contributed by atoms with Crippen LogP contribution in [0.25, 0.3) is 0 Å². The van der Waals surface area contributed by atoms with Crippen LogP contribution < -0.4 is 11.2 Å². The lowest BCUT2D eigenvalue weighted by molar-refractivity contribution is 0.419. The van der Waals surface area contributed by atoms with E-state index < -0.39 is 11.2 Å². The molecule has 3 aromatic rings. The van der Waals surface area contributed by atoms with Crippen LogP contribution in [0.15, 0.2) is 43.5 Å². The number of benzene rings is 1. The van der Waals surface area contributed by atoms with E-state index in [0.717, 1.165) is 4.57 Å². The van der Waals surface area contributed by atoms with E-state index >= 15 is 0 Å². The Labute approximate surface area is 145 Å². The molecule has 130 valence electrons. The second-order valence-electron chi connectivity index (χ2n) is 5.42. The maximum absolute atomic E-state index is 13.6. The smallest absolute Gasteiger partial charge is 0.328 e. The molecule has 0 atom stereocenters. The average molecular weight is 362 g/mol. The molecule has 0 aliphatic rings. The van der Waals surface area contributed by atoms with E-state index in [9.17, 15) is 14.0 Å². The fraction of sp³-hybridized carbons (Fsp3) is 0.250. The summed E-state index contributed by atoms with van der Waals surface area (Å²) in [5.41, 5.74) is 0.513. The lowest BCUT2D eigenvalue weighted by Gasteiger charge is -2.04. The Kier molecular flexibility index (Phi) is 4.84. The summed E-state index contributed by atoms with van der Waals surface area (Å²) in [6.45, 7) is 1.64. The first-order chi connectivity index (χ1) is 12.0. The number of nitrogens with one attached hydrogen (secondary N) is 1. The lowest BCUT2D eigenvalue weighted by atomic mass is 10.2. The standard InChI is InChI=1S/C16H15FN4O3S/c1-9-11(14(22)21(2)15(23)18-9)7-13-19-20-16(24-13)25-8-10-5-3-4-6-12(10)17/h3-6H,7-8H2,1-2H3,(H,18,23). The maximum atomic E-state index is 13.6. The van der Waals surface area contributed by atoms with Crippen molar-refractivity contribution >= 4 is 11.8 Å². The first kappa shape index (κ1) is 17.2. The predicted molar refractivity (Wildman–Crippen MR) is 90.1 cm³/mol. The fourth-order valence-corrected chi connectivity index (χ4v) is 3.02. The highest BCUT2D eigenvalue weighted by molar-refractivity contribution is 7.98. The van der Waals surface area contributed by atoms with E-state index in [4.69, 9.17) is 4.42 Å². The zero-order chi connectivity index (χ0) is 18.0. The van der Waals surface area contributed by atoms with Crippen LogP contribution in [0.4, 0.5) is 4.39 Å². The van der Waals surface area contributed by atoms with Crippen LogP contribution in [-0.4, -0.2) is 19.7 Å². The van der Waals surface area contributed by atoms with E-state index in [1.54, 1.807) is 25.1 Å². The Bertz CT molecular complexity index is 1020. The molecule has 2 heterocycles. The van der Waals surface area contributed by atoms with Gasteiger partial charge in [-0.05, 0) is 18.6 Å². The number of H-pyrrole nitrogens is 1. The third-order valence-electron chi connectivity index (χ3n) is 3.70. The molecule has 1 N–H and O–H groups in total. The summed E-state index contributed by atoms with van der Waals surface area (Å²) in [7, 11) is 1.40. The number of aryl methyl sites for hydroxylation is 1. The van der Waals surface area contributed by atoms with E-state index in [1.807, 2.05) is 0 Å². The van der Waals surface area contributed by atoms with E-state index in [-0.39, 0.29) is 23.4 Å². The zero-order valence-corrected chi connectivity index (χ0v) is 14.4. The van der Waals surface area contributed by atoms with Crippen LogP contribution in [0.2, 0.25) is 0 Å². The van der Waals surface area contributed by atoms with Gasteiger partial charge in [0.15, 0.2) is 0 Å². The summed E-state index contributed by atoms with van der Waals surface area (Å²) in [6, 6.07) is 6.46. The summed E-state index contributed by atoms with van der Waals surface area (Å²) >= 11 is 1.21. The molecule has 0 amide bonds. The van der Waals surface area contributed by atoms with Gasteiger partial charge in [-0.1, -0.05) is 30.0 Å². The molecule has 0 aliphatic heterocycles. The Morgan fingerprint density at radius 2 is 2.04 bits per heavy atom. The molecular weight excluding hydrogens is 347 g/mol. The van der Waals surface area contributed by atoms with E-state index in [0.29, 0.717) is 22.6 Å². The van der Waals surface area contributed by atoms with Crippen molar-refractivity contribution in [2.75, 3.05) is 0 Å². The number of rotatable bonds is 5. The molecule has 0 fully saturated rings. The monoisotopic (exact) mass is 362 g/mol. The third kappa shape index (κ3) is 3.71. The Balaban J connectivity index is 1.75. The van der Waals surface area contributed by atoms with Crippen molar-refractivity contribution in [3.8, 4) is 0 Å². The molecule has 9 heteroatoms. The van der Waals surface area contributed by atoms with Crippen LogP contribution in [-0.2, 0) is 19.2 Å². The van der Waals surface area contributed by atoms with Crippen molar-refractivity contribution in [1.29, 1.82) is 0 Å². The summed E-state index contributed by atoms with van der Waals surface area (Å²) in [5.74, 6) is 0.318. The minimum Gasteiger partial charge on any atom is -0.416 e. The summed E-state index contributed by atoms with van der Waals surface area (Å²) in [5, 5.41) is 8.10. The molecule has 0 radical (unpaired) electrons. The topological polar surface area (TPSA) is 93.8 Å². The summed E-state index contributed by atoms with van der Waals surface area (Å²) in [6.07, 6.45) is 0.114. The predicted octanol–water partition coefficient (Wildman–Crippen LogP) is 1.79. The number of hydrogen-bond acceptors (Lipinski definition) is 6. The molecule has 0 spiro atoms. The molecule has 0 bridgehead atoms. The molecule has 0 unspecified atom stereocenters. The number of halogens is 1. The Hall–Kier alpha value is -2.68.